The molecule has 0 aliphatic rings. The van der Waals surface area contributed by atoms with Crippen molar-refractivity contribution in [2.24, 2.45) is 0 Å². The maximum atomic E-state index is 12.6. The average Bonchev–Trinajstić information content (AvgIpc) is 3.44. The Labute approximate surface area is 200 Å². The lowest BCUT2D eigenvalue weighted by atomic mass is 10.1. The molecule has 0 fully saturated rings. The number of Topliss-reactive ketones (excluding diaryl/α,β-unsaturated/α-hetero) is 1. The fraction of sp³-hybridized carbons (Fsp3) is 0.0370. The first-order chi connectivity index (χ1) is 17.0. The van der Waals surface area contributed by atoms with Crippen LogP contribution in [0.5, 0.6) is 5.75 Å². The number of hydrogen-bond acceptors (Lipinski definition) is 7. The maximum absolute atomic E-state index is 12.6. The molecular weight excluding hydrogens is 450 g/mol. The number of carbonyl (C=O) groups is 4. The summed E-state index contributed by atoms with van der Waals surface area (Å²) < 4.78 is 15.3. The molecule has 0 spiro atoms. The van der Waals surface area contributed by atoms with Crippen LogP contribution in [-0.2, 0) is 4.74 Å². The van der Waals surface area contributed by atoms with Gasteiger partial charge in [0, 0.05) is 11.1 Å². The summed E-state index contributed by atoms with van der Waals surface area (Å²) in [4.78, 5) is 49.5. The molecule has 8 heteroatoms. The first-order valence-electron chi connectivity index (χ1n) is 10.5. The normalized spacial score (nSPS) is 10.3. The Kier molecular flexibility index (Phi) is 7.13. The molecule has 0 aliphatic heterocycles. The van der Waals surface area contributed by atoms with Gasteiger partial charge in [-0.15, -0.1) is 0 Å². The van der Waals surface area contributed by atoms with Crippen molar-refractivity contribution in [3.05, 3.63) is 120 Å². The van der Waals surface area contributed by atoms with Crippen LogP contribution in [0, 0.1) is 0 Å². The smallest absolute Gasteiger partial charge is 0.379 e. The molecule has 3 aromatic carbocycles. The number of ketones is 1. The molecule has 1 aromatic heterocycles. The molecule has 1 N–H and O–H groups in total. The number of para-hydroxylation sites is 1. The molecule has 0 aliphatic carbocycles. The van der Waals surface area contributed by atoms with Gasteiger partial charge in [0.25, 0.3) is 5.91 Å². The summed E-state index contributed by atoms with van der Waals surface area (Å²) in [5.74, 6) is -1.98. The minimum Gasteiger partial charge on any atom is -0.457 e. The predicted octanol–water partition coefficient (Wildman–Crippen LogP) is 4.79. The van der Waals surface area contributed by atoms with Crippen LogP contribution in [0.4, 0.5) is 5.69 Å². The highest BCUT2D eigenvalue weighted by atomic mass is 16.5. The largest absolute Gasteiger partial charge is 0.457 e. The molecule has 4 rings (SSSR count). The van der Waals surface area contributed by atoms with Crippen molar-refractivity contribution in [2.75, 3.05) is 11.9 Å². The van der Waals surface area contributed by atoms with Crippen LogP contribution in [0.2, 0.25) is 0 Å². The highest BCUT2D eigenvalue weighted by Crippen LogP contribution is 2.19. The van der Waals surface area contributed by atoms with Gasteiger partial charge in [0.15, 0.2) is 12.4 Å². The van der Waals surface area contributed by atoms with Gasteiger partial charge in [-0.25, -0.2) is 9.59 Å². The summed E-state index contributed by atoms with van der Waals surface area (Å²) in [7, 11) is 0. The van der Waals surface area contributed by atoms with E-state index in [2.05, 4.69) is 5.32 Å². The van der Waals surface area contributed by atoms with Gasteiger partial charge in [-0.3, -0.25) is 9.59 Å². The molecule has 1 heterocycles. The van der Waals surface area contributed by atoms with E-state index in [9.17, 15) is 19.2 Å². The van der Waals surface area contributed by atoms with Gasteiger partial charge < -0.3 is 19.2 Å². The molecule has 0 unspecified atom stereocenters. The molecule has 1 amide bonds. The first kappa shape index (κ1) is 23.2. The topological polar surface area (TPSA) is 112 Å². The van der Waals surface area contributed by atoms with Crippen LogP contribution in [-0.4, -0.2) is 30.2 Å². The van der Waals surface area contributed by atoms with E-state index in [1.165, 1.54) is 42.7 Å². The van der Waals surface area contributed by atoms with Crippen molar-refractivity contribution in [1.29, 1.82) is 0 Å². The third-order valence-electron chi connectivity index (χ3n) is 4.87. The maximum Gasteiger partial charge on any atom is 0.379 e. The van der Waals surface area contributed by atoms with Gasteiger partial charge >= 0.3 is 11.9 Å². The summed E-state index contributed by atoms with van der Waals surface area (Å²) in [6.07, 6.45) is 1.36. The zero-order valence-electron chi connectivity index (χ0n) is 18.3. The second-order valence-corrected chi connectivity index (χ2v) is 7.26. The first-order valence-corrected chi connectivity index (χ1v) is 10.5. The summed E-state index contributed by atoms with van der Waals surface area (Å²) in [6.45, 7) is -0.509. The molecule has 174 valence electrons. The molecule has 0 radical (unpaired) electrons. The minimum atomic E-state index is -0.758. The summed E-state index contributed by atoms with van der Waals surface area (Å²) in [5.41, 5.74) is 1.08. The number of benzene rings is 3. The standard InChI is InChI=1S/C27H19NO7/c29-23(18-12-14-20(15-13-18)35-27(32)24-11-6-16-33-24)17-34-26(31)21-9-4-5-10-22(21)28-25(30)19-7-2-1-3-8-19/h1-16H,17H2,(H,28,30). The minimum absolute atomic E-state index is 0.0531. The predicted molar refractivity (Wildman–Crippen MR) is 126 cm³/mol. The van der Waals surface area contributed by atoms with Gasteiger partial charge in [-0.2, -0.15) is 0 Å². The van der Waals surface area contributed by atoms with Crippen molar-refractivity contribution >= 4 is 29.3 Å². The molecule has 0 atom stereocenters. The summed E-state index contributed by atoms with van der Waals surface area (Å²) >= 11 is 0. The molecule has 0 saturated heterocycles. The number of esters is 2. The Morgan fingerprint density at radius 2 is 1.43 bits per heavy atom. The number of nitrogens with one attached hydrogen (secondary N) is 1. The quantitative estimate of drug-likeness (QED) is 0.224. The Hall–Kier alpha value is -4.98. The van der Waals surface area contributed by atoms with E-state index in [0.717, 1.165) is 0 Å². The van der Waals surface area contributed by atoms with E-state index < -0.39 is 24.3 Å². The fourth-order valence-electron chi connectivity index (χ4n) is 3.11. The second-order valence-electron chi connectivity index (χ2n) is 7.26. The van der Waals surface area contributed by atoms with Crippen LogP contribution in [0.1, 0.15) is 41.6 Å². The lowest BCUT2D eigenvalue weighted by Crippen LogP contribution is -2.18. The number of amides is 1. The van der Waals surface area contributed by atoms with Gasteiger partial charge in [0.1, 0.15) is 5.75 Å². The molecule has 0 saturated carbocycles. The van der Waals surface area contributed by atoms with E-state index in [-0.39, 0.29) is 34.2 Å². The Morgan fingerprint density at radius 3 is 2.14 bits per heavy atom. The third kappa shape index (κ3) is 5.88. The van der Waals surface area contributed by atoms with E-state index >= 15 is 0 Å². The number of hydrogen-bond donors (Lipinski definition) is 1. The second kappa shape index (κ2) is 10.8. The van der Waals surface area contributed by atoms with E-state index in [4.69, 9.17) is 13.9 Å². The number of ether oxygens (including phenoxy) is 2. The van der Waals surface area contributed by atoms with Crippen LogP contribution in [0.3, 0.4) is 0 Å². The number of rotatable bonds is 8. The zero-order chi connectivity index (χ0) is 24.6. The lowest BCUT2D eigenvalue weighted by molar-refractivity contribution is 0.0475. The lowest BCUT2D eigenvalue weighted by Gasteiger charge is -2.11. The SMILES string of the molecule is O=C(COC(=O)c1ccccc1NC(=O)c1ccccc1)c1ccc(OC(=O)c2ccco2)cc1. The number of furan rings is 1. The molecule has 0 bridgehead atoms. The van der Waals surface area contributed by atoms with E-state index in [0.29, 0.717) is 5.56 Å². The van der Waals surface area contributed by atoms with Crippen molar-refractivity contribution in [2.45, 2.75) is 0 Å². The van der Waals surface area contributed by atoms with Crippen LogP contribution in [0.25, 0.3) is 0 Å². The highest BCUT2D eigenvalue weighted by molar-refractivity contribution is 6.08. The Balaban J connectivity index is 1.35. The summed E-state index contributed by atoms with van der Waals surface area (Å²) in [5, 5.41) is 2.69. The average molecular weight is 469 g/mol. The van der Waals surface area contributed by atoms with Gasteiger partial charge in [-0.1, -0.05) is 30.3 Å². The van der Waals surface area contributed by atoms with E-state index in [1.54, 1.807) is 54.6 Å². The zero-order valence-corrected chi connectivity index (χ0v) is 18.3. The van der Waals surface area contributed by atoms with Crippen LogP contribution >= 0.6 is 0 Å². The molecular formula is C27H19NO7. The monoisotopic (exact) mass is 469 g/mol. The van der Waals surface area contributed by atoms with Gasteiger partial charge in [0.2, 0.25) is 5.76 Å². The highest BCUT2D eigenvalue weighted by Gasteiger charge is 2.17. The Morgan fingerprint density at radius 1 is 0.714 bits per heavy atom. The fourth-order valence-corrected chi connectivity index (χ4v) is 3.11. The van der Waals surface area contributed by atoms with Crippen molar-refractivity contribution < 1.29 is 33.1 Å². The Bertz CT molecular complexity index is 1340. The molecule has 4 aromatic rings. The third-order valence-corrected chi connectivity index (χ3v) is 4.87. The van der Waals surface area contributed by atoms with Crippen molar-refractivity contribution in [3.8, 4) is 5.75 Å². The van der Waals surface area contributed by atoms with E-state index in [1.807, 2.05) is 0 Å². The van der Waals surface area contributed by atoms with Gasteiger partial charge in [-0.05, 0) is 60.7 Å². The van der Waals surface area contributed by atoms with Crippen molar-refractivity contribution in [3.63, 3.8) is 0 Å². The molecule has 35 heavy (non-hydrogen) atoms. The number of carbonyl (C=O) groups excluding carboxylic acids is 4. The van der Waals surface area contributed by atoms with Gasteiger partial charge in [0.05, 0.1) is 17.5 Å². The van der Waals surface area contributed by atoms with Crippen LogP contribution in [0.15, 0.2) is 102 Å². The summed E-state index contributed by atoms with van der Waals surface area (Å²) in [6, 6.07) is 23.8. The van der Waals surface area contributed by atoms with Crippen LogP contribution < -0.4 is 10.1 Å². The van der Waals surface area contributed by atoms with Crippen molar-refractivity contribution in [1.82, 2.24) is 0 Å². The molecule has 8 nitrogen and oxygen atoms in total. The number of anilines is 1.